The molecule has 1 N–H and O–H groups in total. The highest BCUT2D eigenvalue weighted by molar-refractivity contribution is 7.14. The van der Waals surface area contributed by atoms with E-state index in [-0.39, 0.29) is 18.1 Å². The number of amides is 1. The second kappa shape index (κ2) is 8.03. The van der Waals surface area contributed by atoms with Crippen molar-refractivity contribution in [2.24, 2.45) is 0 Å². The van der Waals surface area contributed by atoms with Crippen molar-refractivity contribution in [3.8, 4) is 11.3 Å². The number of hydrogen-bond donors (Lipinski definition) is 1. The van der Waals surface area contributed by atoms with Gasteiger partial charge in [-0.3, -0.25) is 4.79 Å². The fourth-order valence-electron chi connectivity index (χ4n) is 2.57. The molecule has 3 aromatic rings. The first-order chi connectivity index (χ1) is 12.2. The van der Waals surface area contributed by atoms with Crippen LogP contribution >= 0.6 is 11.3 Å². The molecule has 0 radical (unpaired) electrons. The Morgan fingerprint density at radius 2 is 1.92 bits per heavy atom. The summed E-state index contributed by atoms with van der Waals surface area (Å²) in [5.41, 5.74) is 3.53. The first-order valence-corrected chi connectivity index (χ1v) is 9.11. The fourth-order valence-corrected chi connectivity index (χ4v) is 3.31. The van der Waals surface area contributed by atoms with Gasteiger partial charge in [-0.25, -0.2) is 9.37 Å². The van der Waals surface area contributed by atoms with Crippen LogP contribution < -0.4 is 5.32 Å². The zero-order valence-corrected chi connectivity index (χ0v) is 14.8. The van der Waals surface area contributed by atoms with Crippen LogP contribution in [0.1, 0.15) is 24.5 Å². The predicted octanol–water partition coefficient (Wildman–Crippen LogP) is 5.08. The van der Waals surface area contributed by atoms with Crippen LogP contribution in [-0.2, 0) is 17.6 Å². The van der Waals surface area contributed by atoms with Gasteiger partial charge in [0.1, 0.15) is 5.82 Å². The molecule has 0 saturated heterocycles. The normalized spacial score (nSPS) is 10.6. The number of halogens is 1. The van der Waals surface area contributed by atoms with Crippen LogP contribution in [0.4, 0.5) is 9.52 Å². The maximum Gasteiger partial charge on any atom is 0.230 e. The minimum absolute atomic E-state index is 0.00665. The molecular weight excluding hydrogens is 335 g/mol. The summed E-state index contributed by atoms with van der Waals surface area (Å²) in [6.45, 7) is 2.16. The Hall–Kier alpha value is -2.53. The lowest BCUT2D eigenvalue weighted by molar-refractivity contribution is -0.115. The van der Waals surface area contributed by atoms with Gasteiger partial charge in [-0.2, -0.15) is 0 Å². The van der Waals surface area contributed by atoms with E-state index in [0.29, 0.717) is 10.7 Å². The summed E-state index contributed by atoms with van der Waals surface area (Å²) < 4.78 is 13.6. The monoisotopic (exact) mass is 354 g/mol. The van der Waals surface area contributed by atoms with Crippen molar-refractivity contribution in [2.75, 3.05) is 5.32 Å². The molecule has 2 aromatic carbocycles. The van der Waals surface area contributed by atoms with Gasteiger partial charge in [-0.15, -0.1) is 11.3 Å². The van der Waals surface area contributed by atoms with Crippen molar-refractivity contribution >= 4 is 22.4 Å². The van der Waals surface area contributed by atoms with E-state index in [1.807, 2.05) is 17.5 Å². The number of carbonyl (C=O) groups is 1. The third kappa shape index (κ3) is 4.51. The molecule has 1 amide bonds. The Labute approximate surface area is 150 Å². The Morgan fingerprint density at radius 1 is 1.16 bits per heavy atom. The van der Waals surface area contributed by atoms with E-state index in [2.05, 4.69) is 29.4 Å². The molecule has 3 rings (SSSR count). The van der Waals surface area contributed by atoms with E-state index in [1.165, 1.54) is 23.0 Å². The van der Waals surface area contributed by atoms with Gasteiger partial charge in [0.15, 0.2) is 5.13 Å². The number of nitrogens with zero attached hydrogens (tertiary/aromatic N) is 1. The third-order valence-corrected chi connectivity index (χ3v) is 4.61. The summed E-state index contributed by atoms with van der Waals surface area (Å²) in [4.78, 5) is 16.5. The van der Waals surface area contributed by atoms with Crippen molar-refractivity contribution in [3.05, 3.63) is 70.9 Å². The highest BCUT2D eigenvalue weighted by Crippen LogP contribution is 2.25. The minimum atomic E-state index is -0.371. The van der Waals surface area contributed by atoms with Crippen LogP contribution in [-0.4, -0.2) is 10.9 Å². The average Bonchev–Trinajstić information content (AvgIpc) is 3.06. The van der Waals surface area contributed by atoms with E-state index in [0.717, 1.165) is 24.1 Å². The molecule has 25 heavy (non-hydrogen) atoms. The maximum atomic E-state index is 13.6. The van der Waals surface area contributed by atoms with Crippen molar-refractivity contribution < 1.29 is 9.18 Å². The van der Waals surface area contributed by atoms with Crippen molar-refractivity contribution in [1.29, 1.82) is 0 Å². The first-order valence-electron chi connectivity index (χ1n) is 8.24. The van der Waals surface area contributed by atoms with Gasteiger partial charge in [0.2, 0.25) is 5.91 Å². The molecule has 0 spiro atoms. The largest absolute Gasteiger partial charge is 0.302 e. The van der Waals surface area contributed by atoms with Crippen LogP contribution in [0, 0.1) is 5.82 Å². The van der Waals surface area contributed by atoms with Crippen molar-refractivity contribution in [2.45, 2.75) is 26.2 Å². The molecule has 3 nitrogen and oxygen atoms in total. The Morgan fingerprint density at radius 3 is 2.64 bits per heavy atom. The number of benzene rings is 2. The average molecular weight is 354 g/mol. The molecule has 0 aliphatic heterocycles. The quantitative estimate of drug-likeness (QED) is 0.670. The van der Waals surface area contributed by atoms with Crippen LogP contribution in [0.15, 0.2) is 53.9 Å². The van der Waals surface area contributed by atoms with Gasteiger partial charge in [-0.05, 0) is 23.6 Å². The van der Waals surface area contributed by atoms with Gasteiger partial charge < -0.3 is 5.32 Å². The molecule has 1 heterocycles. The van der Waals surface area contributed by atoms with Crippen molar-refractivity contribution in [1.82, 2.24) is 4.98 Å². The number of carbonyl (C=O) groups excluding carboxylic acids is 1. The van der Waals surface area contributed by atoms with Crippen LogP contribution in [0.25, 0.3) is 11.3 Å². The lowest BCUT2D eigenvalue weighted by Gasteiger charge is -2.03. The summed E-state index contributed by atoms with van der Waals surface area (Å²) in [6, 6.07) is 14.6. The maximum absolute atomic E-state index is 13.6. The number of nitrogens with one attached hydrogen (secondary N) is 1. The second-order valence-corrected chi connectivity index (χ2v) is 6.66. The minimum Gasteiger partial charge on any atom is -0.302 e. The number of aromatic nitrogens is 1. The number of aryl methyl sites for hydroxylation is 1. The van der Waals surface area contributed by atoms with E-state index < -0.39 is 0 Å². The summed E-state index contributed by atoms with van der Waals surface area (Å²) in [5.74, 6) is -0.644. The molecule has 0 saturated carbocycles. The van der Waals surface area contributed by atoms with Crippen LogP contribution in [0.2, 0.25) is 0 Å². The highest BCUT2D eigenvalue weighted by Gasteiger charge is 2.11. The number of hydrogen-bond acceptors (Lipinski definition) is 3. The molecule has 0 atom stereocenters. The van der Waals surface area contributed by atoms with E-state index >= 15 is 0 Å². The molecule has 0 unspecified atom stereocenters. The van der Waals surface area contributed by atoms with E-state index in [4.69, 9.17) is 0 Å². The van der Waals surface area contributed by atoms with E-state index in [9.17, 15) is 9.18 Å². The molecule has 0 aliphatic rings. The fraction of sp³-hybridized carbons (Fsp3) is 0.200. The Balaban J connectivity index is 1.65. The van der Waals surface area contributed by atoms with Gasteiger partial charge in [0, 0.05) is 10.9 Å². The zero-order valence-electron chi connectivity index (χ0n) is 14.0. The summed E-state index contributed by atoms with van der Waals surface area (Å²) >= 11 is 1.37. The predicted molar refractivity (Wildman–Crippen MR) is 100 cm³/mol. The zero-order chi connectivity index (χ0) is 17.6. The van der Waals surface area contributed by atoms with Gasteiger partial charge in [0.25, 0.3) is 0 Å². The molecule has 5 heteroatoms. The molecule has 1 aromatic heterocycles. The highest BCUT2D eigenvalue weighted by atomic mass is 32.1. The molecular formula is C20H19FN2OS. The molecule has 0 bridgehead atoms. The smallest absolute Gasteiger partial charge is 0.230 e. The molecule has 128 valence electrons. The lowest BCUT2D eigenvalue weighted by atomic mass is 10.1. The number of rotatable bonds is 6. The second-order valence-electron chi connectivity index (χ2n) is 5.80. The van der Waals surface area contributed by atoms with Crippen LogP contribution in [0.5, 0.6) is 0 Å². The Bertz CT molecular complexity index is 858. The van der Waals surface area contributed by atoms with Crippen molar-refractivity contribution in [3.63, 3.8) is 0 Å². The topological polar surface area (TPSA) is 42.0 Å². The number of anilines is 1. The standard InChI is InChI=1S/C20H19FN2OS/c1-2-5-14-8-10-15(11-9-14)18-13-25-20(22-18)23-19(24)12-16-6-3-4-7-17(16)21/h3-4,6-11,13H,2,5,12H2,1H3,(H,22,23,24). The van der Waals surface area contributed by atoms with Gasteiger partial charge in [0.05, 0.1) is 12.1 Å². The molecule has 0 fully saturated rings. The van der Waals surface area contributed by atoms with Gasteiger partial charge in [-0.1, -0.05) is 55.8 Å². The molecule has 0 aliphatic carbocycles. The van der Waals surface area contributed by atoms with E-state index in [1.54, 1.807) is 18.2 Å². The Kier molecular flexibility index (Phi) is 5.56. The van der Waals surface area contributed by atoms with Gasteiger partial charge >= 0.3 is 0 Å². The summed E-state index contributed by atoms with van der Waals surface area (Å²) in [6.07, 6.45) is 2.18. The van der Waals surface area contributed by atoms with Crippen LogP contribution in [0.3, 0.4) is 0 Å². The summed E-state index contributed by atoms with van der Waals surface area (Å²) in [7, 11) is 0. The third-order valence-electron chi connectivity index (χ3n) is 3.85. The SMILES string of the molecule is CCCc1ccc(-c2csc(NC(=O)Cc3ccccc3F)n2)cc1. The lowest BCUT2D eigenvalue weighted by Crippen LogP contribution is -2.15. The summed E-state index contributed by atoms with van der Waals surface area (Å²) in [5, 5.41) is 5.17. The first kappa shape index (κ1) is 17.3. The number of thiazole rings is 1.